The quantitative estimate of drug-likeness (QED) is 0.835. The van der Waals surface area contributed by atoms with Gasteiger partial charge in [-0.25, -0.2) is 4.79 Å². The Morgan fingerprint density at radius 2 is 1.94 bits per heavy atom. The number of carboxylic acids is 1. The molecule has 1 atom stereocenters. The van der Waals surface area contributed by atoms with Crippen molar-refractivity contribution in [2.45, 2.75) is 39.5 Å². The minimum Gasteiger partial charge on any atom is -0.475 e. The third-order valence-corrected chi connectivity index (χ3v) is 3.88. The summed E-state index contributed by atoms with van der Waals surface area (Å²) in [7, 11) is 0. The molecule has 1 aliphatic rings. The zero-order valence-corrected chi connectivity index (χ0v) is 10.7. The Kier molecular flexibility index (Phi) is 3.28. The van der Waals surface area contributed by atoms with Gasteiger partial charge in [0.1, 0.15) is 0 Å². The normalized spacial score (nSPS) is 22.7. The molecule has 2 rings (SSSR count). The van der Waals surface area contributed by atoms with E-state index in [1.54, 1.807) is 0 Å². The Balaban J connectivity index is 2.21. The number of ketones is 1. The SMILES string of the molecule is CC1(C)CCCCC1C(=O)c1ccc(C(=O)O)o1. The molecule has 4 heteroatoms. The molecule has 98 valence electrons. The van der Waals surface area contributed by atoms with Crippen molar-refractivity contribution in [3.63, 3.8) is 0 Å². The number of rotatable bonds is 3. The zero-order valence-electron chi connectivity index (χ0n) is 10.7. The summed E-state index contributed by atoms with van der Waals surface area (Å²) in [6, 6.07) is 2.81. The first kappa shape index (κ1) is 12.9. The van der Waals surface area contributed by atoms with Crippen LogP contribution < -0.4 is 0 Å². The molecule has 1 heterocycles. The van der Waals surface area contributed by atoms with E-state index in [0.717, 1.165) is 25.7 Å². The molecule has 0 radical (unpaired) electrons. The first-order chi connectivity index (χ1) is 8.42. The lowest BCUT2D eigenvalue weighted by molar-refractivity contribution is 0.0636. The summed E-state index contributed by atoms with van der Waals surface area (Å²) in [5.74, 6) is -1.28. The summed E-state index contributed by atoms with van der Waals surface area (Å²) < 4.78 is 5.10. The van der Waals surface area contributed by atoms with E-state index in [9.17, 15) is 9.59 Å². The van der Waals surface area contributed by atoms with Crippen LogP contribution in [0.15, 0.2) is 16.5 Å². The van der Waals surface area contributed by atoms with Gasteiger partial charge in [0.2, 0.25) is 11.5 Å². The van der Waals surface area contributed by atoms with Gasteiger partial charge in [0, 0.05) is 5.92 Å². The number of Topliss-reactive ketones (excluding diaryl/α,β-unsaturated/α-hetero) is 1. The molecule has 0 spiro atoms. The lowest BCUT2D eigenvalue weighted by Crippen LogP contribution is -2.33. The van der Waals surface area contributed by atoms with E-state index in [1.165, 1.54) is 12.1 Å². The number of aromatic carboxylic acids is 1. The first-order valence-electron chi connectivity index (χ1n) is 6.29. The summed E-state index contributed by atoms with van der Waals surface area (Å²) in [5.41, 5.74) is -0.0362. The molecule has 1 unspecified atom stereocenters. The summed E-state index contributed by atoms with van der Waals surface area (Å²) >= 11 is 0. The van der Waals surface area contributed by atoms with Crippen LogP contribution in [0.3, 0.4) is 0 Å². The number of hydrogen-bond donors (Lipinski definition) is 1. The topological polar surface area (TPSA) is 67.5 Å². The summed E-state index contributed by atoms with van der Waals surface area (Å²) in [4.78, 5) is 23.1. The summed E-state index contributed by atoms with van der Waals surface area (Å²) in [6.07, 6.45) is 4.08. The molecular formula is C14H18O4. The molecule has 1 aromatic rings. The highest BCUT2D eigenvalue weighted by molar-refractivity contribution is 5.97. The lowest BCUT2D eigenvalue weighted by Gasteiger charge is -2.37. The van der Waals surface area contributed by atoms with Crippen LogP contribution in [0.25, 0.3) is 0 Å². The van der Waals surface area contributed by atoms with Crippen molar-refractivity contribution in [2.24, 2.45) is 11.3 Å². The van der Waals surface area contributed by atoms with E-state index < -0.39 is 5.97 Å². The van der Waals surface area contributed by atoms with E-state index >= 15 is 0 Å². The second-order valence-corrected chi connectivity index (χ2v) is 5.62. The minimum atomic E-state index is -1.14. The fourth-order valence-electron chi connectivity index (χ4n) is 2.74. The summed E-state index contributed by atoms with van der Waals surface area (Å²) in [5, 5.41) is 8.79. The smallest absolute Gasteiger partial charge is 0.371 e. The van der Waals surface area contributed by atoms with Crippen LogP contribution in [0.1, 0.15) is 60.6 Å². The number of carbonyl (C=O) groups is 2. The van der Waals surface area contributed by atoms with E-state index in [0.29, 0.717) is 0 Å². The molecule has 1 saturated carbocycles. The molecule has 0 saturated heterocycles. The van der Waals surface area contributed by atoms with Crippen molar-refractivity contribution < 1.29 is 19.1 Å². The lowest BCUT2D eigenvalue weighted by atomic mass is 9.67. The van der Waals surface area contributed by atoms with Crippen molar-refractivity contribution in [1.82, 2.24) is 0 Å². The second-order valence-electron chi connectivity index (χ2n) is 5.62. The van der Waals surface area contributed by atoms with Crippen LogP contribution in [-0.4, -0.2) is 16.9 Å². The Hall–Kier alpha value is -1.58. The van der Waals surface area contributed by atoms with Gasteiger partial charge in [-0.15, -0.1) is 0 Å². The average molecular weight is 250 g/mol. The Morgan fingerprint density at radius 1 is 1.28 bits per heavy atom. The molecule has 1 aliphatic carbocycles. The van der Waals surface area contributed by atoms with Gasteiger partial charge in [-0.1, -0.05) is 26.7 Å². The molecule has 0 amide bonds. The molecule has 18 heavy (non-hydrogen) atoms. The first-order valence-corrected chi connectivity index (χ1v) is 6.29. The zero-order chi connectivity index (χ0) is 13.3. The minimum absolute atomic E-state index is 0.0362. The van der Waals surface area contributed by atoms with E-state index in [2.05, 4.69) is 13.8 Å². The maximum Gasteiger partial charge on any atom is 0.371 e. The van der Waals surface area contributed by atoms with Crippen LogP contribution in [0.2, 0.25) is 0 Å². The summed E-state index contributed by atoms with van der Waals surface area (Å²) in [6.45, 7) is 4.19. The highest BCUT2D eigenvalue weighted by Gasteiger charge is 2.38. The van der Waals surface area contributed by atoms with Crippen molar-refractivity contribution in [1.29, 1.82) is 0 Å². The Morgan fingerprint density at radius 3 is 2.50 bits per heavy atom. The van der Waals surface area contributed by atoms with Gasteiger partial charge in [0.15, 0.2) is 5.76 Å². The van der Waals surface area contributed by atoms with Crippen molar-refractivity contribution in [3.8, 4) is 0 Å². The predicted molar refractivity (Wildman–Crippen MR) is 65.7 cm³/mol. The third-order valence-electron chi connectivity index (χ3n) is 3.88. The largest absolute Gasteiger partial charge is 0.475 e. The fourth-order valence-corrected chi connectivity index (χ4v) is 2.74. The third kappa shape index (κ3) is 2.33. The van der Waals surface area contributed by atoms with Gasteiger partial charge >= 0.3 is 5.97 Å². The molecule has 0 aliphatic heterocycles. The van der Waals surface area contributed by atoms with Gasteiger partial charge in [-0.2, -0.15) is 0 Å². The van der Waals surface area contributed by atoms with Crippen LogP contribution >= 0.6 is 0 Å². The fraction of sp³-hybridized carbons (Fsp3) is 0.571. The number of hydrogen-bond acceptors (Lipinski definition) is 3. The molecule has 1 N–H and O–H groups in total. The highest BCUT2D eigenvalue weighted by Crippen LogP contribution is 2.42. The van der Waals surface area contributed by atoms with Crippen molar-refractivity contribution >= 4 is 11.8 Å². The maximum atomic E-state index is 12.4. The van der Waals surface area contributed by atoms with Gasteiger partial charge in [0.25, 0.3) is 0 Å². The Labute approximate surface area is 106 Å². The molecule has 4 nitrogen and oxygen atoms in total. The number of carbonyl (C=O) groups excluding carboxylic acids is 1. The predicted octanol–water partition coefficient (Wildman–Crippen LogP) is 3.38. The monoisotopic (exact) mass is 250 g/mol. The highest BCUT2D eigenvalue weighted by atomic mass is 16.4. The van der Waals surface area contributed by atoms with E-state index in [1.807, 2.05) is 0 Å². The number of carboxylic acid groups (broad SMARTS) is 1. The maximum absolute atomic E-state index is 12.4. The Bertz CT molecular complexity index is 470. The second kappa shape index (κ2) is 4.59. The van der Waals surface area contributed by atoms with Crippen LogP contribution in [0.5, 0.6) is 0 Å². The van der Waals surface area contributed by atoms with Crippen LogP contribution in [0.4, 0.5) is 0 Å². The van der Waals surface area contributed by atoms with Gasteiger partial charge in [-0.3, -0.25) is 4.79 Å². The van der Waals surface area contributed by atoms with Crippen molar-refractivity contribution in [2.75, 3.05) is 0 Å². The van der Waals surface area contributed by atoms with Gasteiger partial charge in [0.05, 0.1) is 0 Å². The van der Waals surface area contributed by atoms with Gasteiger partial charge < -0.3 is 9.52 Å². The van der Waals surface area contributed by atoms with E-state index in [-0.39, 0.29) is 28.6 Å². The molecule has 0 aromatic carbocycles. The van der Waals surface area contributed by atoms with E-state index in [4.69, 9.17) is 9.52 Å². The molecule has 1 fully saturated rings. The van der Waals surface area contributed by atoms with Crippen LogP contribution in [0, 0.1) is 11.3 Å². The standard InChI is InChI=1S/C14H18O4/c1-14(2)8-4-3-5-9(14)12(15)10-6-7-11(18-10)13(16)17/h6-7,9H,3-5,8H2,1-2H3,(H,16,17). The van der Waals surface area contributed by atoms with Crippen molar-refractivity contribution in [3.05, 3.63) is 23.7 Å². The molecule has 1 aromatic heterocycles. The molecular weight excluding hydrogens is 232 g/mol. The number of furan rings is 1. The molecule has 0 bridgehead atoms. The van der Waals surface area contributed by atoms with Gasteiger partial charge in [-0.05, 0) is 30.4 Å². The van der Waals surface area contributed by atoms with Crippen LogP contribution in [-0.2, 0) is 0 Å². The average Bonchev–Trinajstić information content (AvgIpc) is 2.77.